The Morgan fingerprint density at radius 2 is 2.25 bits per heavy atom. The summed E-state index contributed by atoms with van der Waals surface area (Å²) in [7, 11) is 0. The number of amides is 1. The molecule has 2 N–H and O–H groups in total. The molecule has 5 heteroatoms. The highest BCUT2D eigenvalue weighted by Crippen LogP contribution is 2.18. The third-order valence-corrected chi connectivity index (χ3v) is 3.49. The predicted octanol–water partition coefficient (Wildman–Crippen LogP) is 1.19. The molecule has 2 aromatic rings. The Hall–Kier alpha value is -2.43. The molecule has 5 nitrogen and oxygen atoms in total. The molecule has 0 atom stereocenters. The normalized spacial score (nSPS) is 13.0. The molecule has 0 aromatic carbocycles. The number of H-pyrrole nitrogens is 1. The van der Waals surface area contributed by atoms with Crippen molar-refractivity contribution >= 4 is 5.91 Å². The number of rotatable bonds is 3. The van der Waals surface area contributed by atoms with E-state index in [9.17, 15) is 9.59 Å². The van der Waals surface area contributed by atoms with E-state index in [0.717, 1.165) is 36.2 Å². The number of aromatic nitrogens is 2. The standard InChI is InChI=1S/C15H15N3O2/c19-14(17-9-11-5-1-2-7-16-11)12-8-10-4-3-6-13(10)18-15(12)20/h1-2,5,7-8H,3-4,6,9H2,(H,17,19)(H,18,20). The van der Waals surface area contributed by atoms with Crippen LogP contribution in [-0.2, 0) is 19.4 Å². The molecule has 0 saturated heterocycles. The number of nitrogens with one attached hydrogen (secondary N) is 2. The number of fused-ring (bicyclic) bond motifs is 1. The first-order valence-electron chi connectivity index (χ1n) is 6.67. The number of aromatic amines is 1. The van der Waals surface area contributed by atoms with E-state index < -0.39 is 0 Å². The van der Waals surface area contributed by atoms with Crippen LogP contribution in [-0.4, -0.2) is 15.9 Å². The van der Waals surface area contributed by atoms with Gasteiger partial charge in [-0.1, -0.05) is 6.07 Å². The fourth-order valence-electron chi connectivity index (χ4n) is 2.45. The monoisotopic (exact) mass is 269 g/mol. The Kier molecular flexibility index (Phi) is 3.33. The van der Waals surface area contributed by atoms with Crippen molar-refractivity contribution < 1.29 is 4.79 Å². The van der Waals surface area contributed by atoms with Crippen molar-refractivity contribution in [3.63, 3.8) is 0 Å². The molecule has 1 aliphatic rings. The van der Waals surface area contributed by atoms with E-state index in [1.54, 1.807) is 12.3 Å². The van der Waals surface area contributed by atoms with Gasteiger partial charge in [0.2, 0.25) is 0 Å². The molecule has 1 aliphatic carbocycles. The number of carbonyl (C=O) groups is 1. The lowest BCUT2D eigenvalue weighted by molar-refractivity contribution is 0.0949. The molecule has 2 heterocycles. The van der Waals surface area contributed by atoms with E-state index in [-0.39, 0.29) is 17.0 Å². The molecule has 0 fully saturated rings. The molecular weight excluding hydrogens is 254 g/mol. The fourth-order valence-corrected chi connectivity index (χ4v) is 2.45. The van der Waals surface area contributed by atoms with E-state index >= 15 is 0 Å². The van der Waals surface area contributed by atoms with Crippen LogP contribution in [0.2, 0.25) is 0 Å². The minimum atomic E-state index is -0.355. The zero-order chi connectivity index (χ0) is 13.9. The summed E-state index contributed by atoms with van der Waals surface area (Å²) < 4.78 is 0. The average Bonchev–Trinajstić information content (AvgIpc) is 2.92. The summed E-state index contributed by atoms with van der Waals surface area (Å²) in [5.41, 5.74) is 2.67. The molecule has 0 aliphatic heterocycles. The van der Waals surface area contributed by atoms with Crippen molar-refractivity contribution in [1.29, 1.82) is 0 Å². The van der Waals surface area contributed by atoms with Gasteiger partial charge in [-0.3, -0.25) is 14.6 Å². The molecule has 20 heavy (non-hydrogen) atoms. The van der Waals surface area contributed by atoms with Crippen LogP contribution in [0, 0.1) is 0 Å². The first kappa shape index (κ1) is 12.6. The van der Waals surface area contributed by atoms with Crippen LogP contribution in [0.5, 0.6) is 0 Å². The van der Waals surface area contributed by atoms with Gasteiger partial charge in [0.1, 0.15) is 5.56 Å². The molecule has 1 amide bonds. The molecule has 3 rings (SSSR count). The number of aryl methyl sites for hydroxylation is 2. The van der Waals surface area contributed by atoms with Gasteiger partial charge in [0.25, 0.3) is 11.5 Å². The van der Waals surface area contributed by atoms with Crippen molar-refractivity contribution in [2.24, 2.45) is 0 Å². The van der Waals surface area contributed by atoms with Gasteiger partial charge in [-0.2, -0.15) is 0 Å². The highest BCUT2D eigenvalue weighted by Gasteiger charge is 2.17. The van der Waals surface area contributed by atoms with Gasteiger partial charge in [0.05, 0.1) is 12.2 Å². The van der Waals surface area contributed by atoms with Crippen LogP contribution < -0.4 is 10.9 Å². The summed E-state index contributed by atoms with van der Waals surface area (Å²) in [6.45, 7) is 0.316. The zero-order valence-corrected chi connectivity index (χ0v) is 11.0. The molecule has 102 valence electrons. The van der Waals surface area contributed by atoms with E-state index in [1.807, 2.05) is 18.2 Å². The van der Waals surface area contributed by atoms with Gasteiger partial charge in [0, 0.05) is 11.9 Å². The second-order valence-corrected chi connectivity index (χ2v) is 4.87. The van der Waals surface area contributed by atoms with E-state index in [0.29, 0.717) is 6.54 Å². The number of hydrogen-bond donors (Lipinski definition) is 2. The maximum Gasteiger partial charge on any atom is 0.261 e. The van der Waals surface area contributed by atoms with Gasteiger partial charge < -0.3 is 10.3 Å². The predicted molar refractivity (Wildman–Crippen MR) is 74.5 cm³/mol. The lowest BCUT2D eigenvalue weighted by Crippen LogP contribution is -2.30. The summed E-state index contributed by atoms with van der Waals surface area (Å²) in [5, 5.41) is 2.73. The highest BCUT2D eigenvalue weighted by molar-refractivity contribution is 5.94. The Morgan fingerprint density at radius 1 is 1.35 bits per heavy atom. The Morgan fingerprint density at radius 3 is 3.05 bits per heavy atom. The Bertz CT molecular complexity index is 692. The Balaban J connectivity index is 1.76. The SMILES string of the molecule is O=C(NCc1ccccn1)c1cc2c([nH]c1=O)CCC2. The van der Waals surface area contributed by atoms with Gasteiger partial charge in [0.15, 0.2) is 0 Å². The van der Waals surface area contributed by atoms with Crippen molar-refractivity contribution in [2.75, 3.05) is 0 Å². The van der Waals surface area contributed by atoms with E-state index in [1.165, 1.54) is 0 Å². The van der Waals surface area contributed by atoms with Gasteiger partial charge in [-0.15, -0.1) is 0 Å². The summed E-state index contributed by atoms with van der Waals surface area (Å²) in [6, 6.07) is 7.22. The fraction of sp³-hybridized carbons (Fsp3) is 0.267. The van der Waals surface area contributed by atoms with Crippen molar-refractivity contribution in [3.8, 4) is 0 Å². The topological polar surface area (TPSA) is 74.8 Å². The van der Waals surface area contributed by atoms with Crippen LogP contribution in [0.15, 0.2) is 35.3 Å². The van der Waals surface area contributed by atoms with Crippen LogP contribution in [0.1, 0.15) is 33.7 Å². The highest BCUT2D eigenvalue weighted by atomic mass is 16.2. The third-order valence-electron chi connectivity index (χ3n) is 3.49. The quantitative estimate of drug-likeness (QED) is 0.879. The van der Waals surface area contributed by atoms with Crippen LogP contribution >= 0.6 is 0 Å². The lowest BCUT2D eigenvalue weighted by Gasteiger charge is -2.06. The Labute approximate surface area is 116 Å². The largest absolute Gasteiger partial charge is 0.346 e. The number of pyridine rings is 2. The van der Waals surface area contributed by atoms with Crippen LogP contribution in [0.4, 0.5) is 0 Å². The van der Waals surface area contributed by atoms with Crippen LogP contribution in [0.3, 0.4) is 0 Å². The second kappa shape index (κ2) is 5.28. The number of hydrogen-bond acceptors (Lipinski definition) is 3. The zero-order valence-electron chi connectivity index (χ0n) is 11.0. The van der Waals surface area contributed by atoms with Gasteiger partial charge in [-0.05, 0) is 43.0 Å². The number of nitrogens with zero attached hydrogens (tertiary/aromatic N) is 1. The van der Waals surface area contributed by atoms with Crippen molar-refractivity contribution in [3.05, 3.63) is 63.3 Å². The number of carbonyl (C=O) groups excluding carboxylic acids is 1. The minimum absolute atomic E-state index is 0.182. The molecule has 0 unspecified atom stereocenters. The molecule has 0 bridgehead atoms. The van der Waals surface area contributed by atoms with E-state index in [4.69, 9.17) is 0 Å². The van der Waals surface area contributed by atoms with Crippen molar-refractivity contribution in [1.82, 2.24) is 15.3 Å². The maximum absolute atomic E-state index is 12.1. The summed E-state index contributed by atoms with van der Waals surface area (Å²) >= 11 is 0. The second-order valence-electron chi connectivity index (χ2n) is 4.87. The average molecular weight is 269 g/mol. The smallest absolute Gasteiger partial charge is 0.261 e. The summed E-state index contributed by atoms with van der Waals surface area (Å²) in [5.74, 6) is -0.355. The molecule has 0 spiro atoms. The van der Waals surface area contributed by atoms with Gasteiger partial charge >= 0.3 is 0 Å². The van der Waals surface area contributed by atoms with Gasteiger partial charge in [-0.25, -0.2) is 0 Å². The molecule has 0 saturated carbocycles. The molecule has 2 aromatic heterocycles. The van der Waals surface area contributed by atoms with E-state index in [2.05, 4.69) is 15.3 Å². The first-order valence-corrected chi connectivity index (χ1v) is 6.67. The lowest BCUT2D eigenvalue weighted by atomic mass is 10.1. The summed E-state index contributed by atoms with van der Waals surface area (Å²) in [4.78, 5) is 30.9. The van der Waals surface area contributed by atoms with Crippen molar-refractivity contribution in [2.45, 2.75) is 25.8 Å². The maximum atomic E-state index is 12.1. The van der Waals surface area contributed by atoms with Crippen LogP contribution in [0.25, 0.3) is 0 Å². The molecule has 0 radical (unpaired) electrons. The molecular formula is C15H15N3O2. The third kappa shape index (κ3) is 2.47. The first-order chi connectivity index (χ1) is 9.74. The summed E-state index contributed by atoms with van der Waals surface area (Å²) in [6.07, 6.45) is 4.51. The minimum Gasteiger partial charge on any atom is -0.346 e.